The van der Waals surface area contributed by atoms with E-state index in [0.717, 1.165) is 28.2 Å². The van der Waals surface area contributed by atoms with Gasteiger partial charge in [-0.2, -0.15) is 0 Å². The van der Waals surface area contributed by atoms with Crippen LogP contribution in [0.15, 0.2) is 42.7 Å². The molecule has 2 aromatic carbocycles. The maximum atomic E-state index is 9.51. The molecule has 4 heteroatoms. The highest BCUT2D eigenvalue weighted by Gasteiger charge is 2.35. The molecule has 0 fully saturated rings. The fourth-order valence-electron chi connectivity index (χ4n) is 2.62. The molecule has 0 amide bonds. The first-order chi connectivity index (χ1) is 9.76. The van der Waals surface area contributed by atoms with Gasteiger partial charge in [-0.15, -0.1) is 0 Å². The number of hydrogen-bond acceptors (Lipinski definition) is 4. The zero-order chi connectivity index (χ0) is 13.7. The fraction of sp³-hybridized carbons (Fsp3) is 0.125. The van der Waals surface area contributed by atoms with Crippen LogP contribution >= 0.6 is 0 Å². The number of phenolic OH excluding ortho intramolecular Hbond substituents is 1. The maximum absolute atomic E-state index is 9.51. The fourth-order valence-corrected chi connectivity index (χ4v) is 2.62. The molecule has 2 aliphatic heterocycles. The highest BCUT2D eigenvalue weighted by Crippen LogP contribution is 2.51. The van der Waals surface area contributed by atoms with Crippen molar-refractivity contribution in [3.05, 3.63) is 53.8 Å². The van der Waals surface area contributed by atoms with Gasteiger partial charge in [-0.25, -0.2) is 0 Å². The Morgan fingerprint density at radius 2 is 2.00 bits per heavy atom. The molecule has 0 spiro atoms. The molecule has 2 aliphatic rings. The summed E-state index contributed by atoms with van der Waals surface area (Å²) in [6, 6.07) is 10.8. The molecule has 0 aliphatic carbocycles. The number of benzene rings is 2. The summed E-state index contributed by atoms with van der Waals surface area (Å²) in [5.74, 6) is 2.34. The summed E-state index contributed by atoms with van der Waals surface area (Å²) in [6.07, 6.45) is 1.49. The van der Waals surface area contributed by atoms with Crippen molar-refractivity contribution >= 4 is 5.57 Å². The van der Waals surface area contributed by atoms with Crippen molar-refractivity contribution in [3.8, 4) is 23.0 Å². The lowest BCUT2D eigenvalue weighted by Gasteiger charge is -2.21. The molecule has 2 aromatic rings. The molecule has 4 rings (SSSR count). The Hall–Kier alpha value is -2.62. The second-order valence-corrected chi connectivity index (χ2v) is 4.77. The van der Waals surface area contributed by atoms with E-state index in [4.69, 9.17) is 14.2 Å². The average Bonchev–Trinajstić information content (AvgIpc) is 2.84. The zero-order valence-corrected chi connectivity index (χ0v) is 10.8. The van der Waals surface area contributed by atoms with Crippen LogP contribution in [0.2, 0.25) is 0 Å². The number of fused-ring (bicyclic) bond motifs is 5. The van der Waals surface area contributed by atoms with Gasteiger partial charge in [0.1, 0.15) is 23.0 Å². The van der Waals surface area contributed by atoms with Gasteiger partial charge < -0.3 is 19.3 Å². The van der Waals surface area contributed by atoms with E-state index in [1.807, 2.05) is 24.3 Å². The quantitative estimate of drug-likeness (QED) is 0.862. The zero-order valence-electron chi connectivity index (χ0n) is 10.8. The number of hydrogen-bond donors (Lipinski definition) is 1. The van der Waals surface area contributed by atoms with Gasteiger partial charge in [-0.3, -0.25) is 0 Å². The molecule has 4 nitrogen and oxygen atoms in total. The molecular formula is C16H12O4. The highest BCUT2D eigenvalue weighted by molar-refractivity contribution is 5.80. The Morgan fingerprint density at radius 1 is 1.10 bits per heavy atom. The Morgan fingerprint density at radius 3 is 2.85 bits per heavy atom. The first kappa shape index (κ1) is 11.2. The van der Waals surface area contributed by atoms with E-state index in [1.165, 1.54) is 0 Å². The van der Waals surface area contributed by atoms with E-state index in [1.54, 1.807) is 25.5 Å². The molecule has 100 valence electrons. The van der Waals surface area contributed by atoms with Crippen LogP contribution in [-0.4, -0.2) is 12.2 Å². The number of aromatic hydroxyl groups is 1. The normalized spacial score (nSPS) is 18.1. The summed E-state index contributed by atoms with van der Waals surface area (Å²) in [5.41, 5.74) is 2.91. The van der Waals surface area contributed by atoms with Gasteiger partial charge in [0.05, 0.1) is 13.4 Å². The van der Waals surface area contributed by atoms with Gasteiger partial charge in [0.2, 0.25) is 0 Å². The molecule has 0 unspecified atom stereocenters. The van der Waals surface area contributed by atoms with E-state index >= 15 is 0 Å². The van der Waals surface area contributed by atoms with Crippen molar-refractivity contribution in [2.75, 3.05) is 7.11 Å². The second kappa shape index (κ2) is 3.93. The smallest absolute Gasteiger partial charge is 0.156 e. The minimum atomic E-state index is -0.193. The van der Waals surface area contributed by atoms with Gasteiger partial charge in [0.15, 0.2) is 6.10 Å². The van der Waals surface area contributed by atoms with Crippen molar-refractivity contribution in [3.63, 3.8) is 0 Å². The summed E-state index contributed by atoms with van der Waals surface area (Å²) in [6.45, 7) is 0. The third-order valence-electron chi connectivity index (χ3n) is 3.62. The van der Waals surface area contributed by atoms with Crippen LogP contribution in [0.5, 0.6) is 23.0 Å². The highest BCUT2D eigenvalue weighted by atomic mass is 16.5. The summed E-state index contributed by atoms with van der Waals surface area (Å²) in [4.78, 5) is 0. The first-order valence-electron chi connectivity index (χ1n) is 6.31. The third-order valence-corrected chi connectivity index (χ3v) is 3.62. The van der Waals surface area contributed by atoms with Crippen LogP contribution in [0.3, 0.4) is 0 Å². The number of phenols is 1. The molecule has 1 atom stereocenters. The Balaban J connectivity index is 1.82. The summed E-state index contributed by atoms with van der Waals surface area (Å²) in [7, 11) is 1.63. The van der Waals surface area contributed by atoms with Crippen molar-refractivity contribution in [2.24, 2.45) is 0 Å². The van der Waals surface area contributed by atoms with Crippen LogP contribution in [0.25, 0.3) is 5.57 Å². The second-order valence-electron chi connectivity index (χ2n) is 4.77. The lowest BCUT2D eigenvalue weighted by atomic mass is 9.96. The molecule has 1 N–H and O–H groups in total. The van der Waals surface area contributed by atoms with Crippen LogP contribution in [0.1, 0.15) is 17.2 Å². The molecular weight excluding hydrogens is 256 g/mol. The van der Waals surface area contributed by atoms with Crippen LogP contribution in [-0.2, 0) is 0 Å². The van der Waals surface area contributed by atoms with Crippen LogP contribution in [0.4, 0.5) is 0 Å². The number of ether oxygens (including phenoxy) is 3. The molecule has 0 bridgehead atoms. The van der Waals surface area contributed by atoms with Gasteiger partial charge in [-0.1, -0.05) is 0 Å². The van der Waals surface area contributed by atoms with Gasteiger partial charge in [-0.05, 0) is 24.3 Å². The Bertz CT molecular complexity index is 733. The van der Waals surface area contributed by atoms with Crippen LogP contribution < -0.4 is 14.2 Å². The topological polar surface area (TPSA) is 47.9 Å². The first-order valence-corrected chi connectivity index (χ1v) is 6.31. The standard InChI is InChI=1S/C16H12O4/c1-18-10-3-5-11-13-8-19-14-6-9(17)2-4-12(14)16(13)20-15(11)7-10/h2-8,16-17H,1H3/t16-/m0/s1. The molecule has 0 saturated heterocycles. The summed E-state index contributed by atoms with van der Waals surface area (Å²) in [5, 5.41) is 9.51. The van der Waals surface area contributed by atoms with Gasteiger partial charge >= 0.3 is 0 Å². The van der Waals surface area contributed by atoms with Crippen molar-refractivity contribution in [1.82, 2.24) is 0 Å². The predicted molar refractivity (Wildman–Crippen MR) is 73.1 cm³/mol. The molecule has 0 saturated carbocycles. The van der Waals surface area contributed by atoms with E-state index in [9.17, 15) is 5.11 Å². The molecule has 20 heavy (non-hydrogen) atoms. The van der Waals surface area contributed by atoms with Crippen LogP contribution in [0, 0.1) is 0 Å². The SMILES string of the molecule is COc1ccc2c(c1)O[C@@H]1C2=COc2cc(O)ccc21. The monoisotopic (exact) mass is 268 g/mol. The largest absolute Gasteiger partial charge is 0.508 e. The average molecular weight is 268 g/mol. The number of methoxy groups -OCH3 is 1. The summed E-state index contributed by atoms with van der Waals surface area (Å²) >= 11 is 0. The maximum Gasteiger partial charge on any atom is 0.156 e. The molecule has 0 aromatic heterocycles. The predicted octanol–water partition coefficient (Wildman–Crippen LogP) is 3.27. The third kappa shape index (κ3) is 1.48. The Kier molecular flexibility index (Phi) is 2.21. The van der Waals surface area contributed by atoms with Crippen molar-refractivity contribution in [1.29, 1.82) is 0 Å². The van der Waals surface area contributed by atoms with E-state index in [0.29, 0.717) is 5.75 Å². The van der Waals surface area contributed by atoms with Crippen molar-refractivity contribution in [2.45, 2.75) is 6.10 Å². The van der Waals surface area contributed by atoms with E-state index < -0.39 is 0 Å². The van der Waals surface area contributed by atoms with Gasteiger partial charge in [0, 0.05) is 28.8 Å². The Labute approximate surface area is 115 Å². The number of rotatable bonds is 1. The van der Waals surface area contributed by atoms with E-state index in [2.05, 4.69) is 0 Å². The van der Waals surface area contributed by atoms with E-state index in [-0.39, 0.29) is 11.9 Å². The lowest BCUT2D eigenvalue weighted by molar-refractivity contribution is 0.266. The summed E-state index contributed by atoms with van der Waals surface area (Å²) < 4.78 is 16.8. The molecule has 0 radical (unpaired) electrons. The van der Waals surface area contributed by atoms with Crippen molar-refractivity contribution < 1.29 is 19.3 Å². The minimum Gasteiger partial charge on any atom is -0.508 e. The lowest BCUT2D eigenvalue weighted by Crippen LogP contribution is -2.09. The minimum absolute atomic E-state index is 0.179. The molecule has 2 heterocycles. The van der Waals surface area contributed by atoms with Gasteiger partial charge in [0.25, 0.3) is 0 Å².